The molecule has 0 bridgehead atoms. The smallest absolute Gasteiger partial charge is 0.382 e. The SMILES string of the molecule is Cn1nc(C(=O)NCC(O)C(F)(F)F)c2ccccc21. The summed E-state index contributed by atoms with van der Waals surface area (Å²) in [5, 5.41) is 15.4. The molecular formula is C12H12F3N3O2. The maximum Gasteiger partial charge on any atom is 0.416 e. The number of rotatable bonds is 3. The van der Waals surface area contributed by atoms with Crippen molar-refractivity contribution in [3.63, 3.8) is 0 Å². The minimum absolute atomic E-state index is 0.0254. The molecule has 1 amide bonds. The van der Waals surface area contributed by atoms with Gasteiger partial charge in [0.25, 0.3) is 5.91 Å². The van der Waals surface area contributed by atoms with Crippen molar-refractivity contribution < 1.29 is 23.1 Å². The standard InChI is InChI=1S/C12H12F3N3O2/c1-18-8-5-3-2-4-7(8)10(17-18)11(20)16-6-9(19)12(13,14)15/h2-5,9,19H,6H2,1H3,(H,16,20). The Hall–Kier alpha value is -2.09. The number of benzene rings is 1. The third-order valence-corrected chi connectivity index (χ3v) is 2.81. The minimum atomic E-state index is -4.76. The first-order valence-electron chi connectivity index (χ1n) is 5.75. The molecule has 1 unspecified atom stereocenters. The maximum absolute atomic E-state index is 12.1. The highest BCUT2D eigenvalue weighted by Crippen LogP contribution is 2.20. The van der Waals surface area contributed by atoms with Gasteiger partial charge in [0.1, 0.15) is 0 Å². The lowest BCUT2D eigenvalue weighted by Crippen LogP contribution is -2.40. The summed E-state index contributed by atoms with van der Waals surface area (Å²) in [4.78, 5) is 11.8. The van der Waals surface area contributed by atoms with E-state index in [2.05, 4.69) is 5.10 Å². The zero-order valence-corrected chi connectivity index (χ0v) is 10.5. The molecule has 0 aliphatic heterocycles. The van der Waals surface area contributed by atoms with Gasteiger partial charge in [-0.05, 0) is 6.07 Å². The van der Waals surface area contributed by atoms with Crippen LogP contribution in [-0.2, 0) is 7.05 Å². The van der Waals surface area contributed by atoms with Crippen molar-refractivity contribution in [3.8, 4) is 0 Å². The highest BCUT2D eigenvalue weighted by atomic mass is 19.4. The first-order valence-corrected chi connectivity index (χ1v) is 5.75. The van der Waals surface area contributed by atoms with Crippen LogP contribution in [0.4, 0.5) is 13.2 Å². The summed E-state index contributed by atoms with van der Waals surface area (Å²) in [5.74, 6) is -0.759. The molecule has 20 heavy (non-hydrogen) atoms. The number of nitrogens with one attached hydrogen (secondary N) is 1. The van der Waals surface area contributed by atoms with Gasteiger partial charge in [0.15, 0.2) is 11.8 Å². The zero-order valence-electron chi connectivity index (χ0n) is 10.5. The molecule has 1 aromatic carbocycles. The summed E-state index contributed by atoms with van der Waals surface area (Å²) in [6.45, 7) is -0.909. The number of aliphatic hydroxyl groups excluding tert-OH is 1. The molecule has 1 atom stereocenters. The van der Waals surface area contributed by atoms with Crippen LogP contribution in [0, 0.1) is 0 Å². The number of amides is 1. The normalized spacial score (nSPS) is 13.4. The van der Waals surface area contributed by atoms with Gasteiger partial charge in [0, 0.05) is 12.4 Å². The van der Waals surface area contributed by atoms with Crippen LogP contribution in [0.1, 0.15) is 10.5 Å². The third-order valence-electron chi connectivity index (χ3n) is 2.81. The Morgan fingerprint density at radius 3 is 2.75 bits per heavy atom. The largest absolute Gasteiger partial charge is 0.416 e. The number of aliphatic hydroxyl groups is 1. The number of halogens is 3. The molecule has 0 spiro atoms. The van der Waals surface area contributed by atoms with Crippen molar-refractivity contribution in [1.29, 1.82) is 0 Å². The fourth-order valence-electron chi connectivity index (χ4n) is 1.77. The van der Waals surface area contributed by atoms with Crippen LogP contribution < -0.4 is 5.32 Å². The lowest BCUT2D eigenvalue weighted by atomic mass is 10.2. The van der Waals surface area contributed by atoms with Crippen molar-refractivity contribution in [2.45, 2.75) is 12.3 Å². The van der Waals surface area contributed by atoms with Crippen molar-refractivity contribution in [3.05, 3.63) is 30.0 Å². The fourth-order valence-corrected chi connectivity index (χ4v) is 1.77. The molecule has 0 radical (unpaired) electrons. The number of aromatic nitrogens is 2. The van der Waals surface area contributed by atoms with Gasteiger partial charge in [-0.1, -0.05) is 18.2 Å². The van der Waals surface area contributed by atoms with Crippen LogP contribution in [0.2, 0.25) is 0 Å². The van der Waals surface area contributed by atoms with Gasteiger partial charge in [-0.15, -0.1) is 0 Å². The minimum Gasteiger partial charge on any atom is -0.382 e. The van der Waals surface area contributed by atoms with Gasteiger partial charge >= 0.3 is 6.18 Å². The van der Waals surface area contributed by atoms with Crippen molar-refractivity contribution in [1.82, 2.24) is 15.1 Å². The molecule has 0 fully saturated rings. The van der Waals surface area contributed by atoms with Crippen LogP contribution in [0.25, 0.3) is 10.9 Å². The van der Waals surface area contributed by atoms with Crippen LogP contribution in [0.15, 0.2) is 24.3 Å². The Labute approximate surface area is 112 Å². The number of nitrogens with zero attached hydrogens (tertiary/aromatic N) is 2. The maximum atomic E-state index is 12.1. The number of fused-ring (bicyclic) bond motifs is 1. The summed E-state index contributed by atoms with van der Waals surface area (Å²) in [6.07, 6.45) is -7.36. The zero-order chi connectivity index (χ0) is 14.9. The molecule has 2 rings (SSSR count). The monoisotopic (exact) mass is 287 g/mol. The fraction of sp³-hybridized carbons (Fsp3) is 0.333. The van der Waals surface area contributed by atoms with Crippen LogP contribution in [-0.4, -0.2) is 39.6 Å². The van der Waals surface area contributed by atoms with Gasteiger partial charge in [0.05, 0.1) is 12.1 Å². The average Bonchev–Trinajstić information content (AvgIpc) is 2.72. The average molecular weight is 287 g/mol. The molecule has 1 heterocycles. The Morgan fingerprint density at radius 1 is 1.45 bits per heavy atom. The van der Waals surface area contributed by atoms with E-state index in [0.717, 1.165) is 0 Å². The molecule has 0 saturated carbocycles. The number of carbonyl (C=O) groups excluding carboxylic acids is 1. The second-order valence-electron chi connectivity index (χ2n) is 4.26. The Balaban J connectivity index is 2.16. The molecule has 8 heteroatoms. The van der Waals surface area contributed by atoms with E-state index in [-0.39, 0.29) is 5.69 Å². The lowest BCUT2D eigenvalue weighted by molar-refractivity contribution is -0.201. The predicted molar refractivity (Wildman–Crippen MR) is 65.1 cm³/mol. The van der Waals surface area contributed by atoms with Gasteiger partial charge in [-0.25, -0.2) is 0 Å². The first kappa shape index (κ1) is 14.3. The van der Waals surface area contributed by atoms with Crippen molar-refractivity contribution in [2.24, 2.45) is 7.05 Å². The lowest BCUT2D eigenvalue weighted by Gasteiger charge is -2.14. The number of alkyl halides is 3. The topological polar surface area (TPSA) is 67.2 Å². The molecule has 0 aliphatic rings. The van der Waals surface area contributed by atoms with E-state index < -0.39 is 24.7 Å². The van der Waals surface area contributed by atoms with Gasteiger partial charge < -0.3 is 10.4 Å². The molecule has 2 aromatic rings. The van der Waals surface area contributed by atoms with E-state index >= 15 is 0 Å². The highest BCUT2D eigenvalue weighted by Gasteiger charge is 2.38. The van der Waals surface area contributed by atoms with Gasteiger partial charge in [-0.3, -0.25) is 9.48 Å². The summed E-state index contributed by atoms with van der Waals surface area (Å²) < 4.78 is 37.9. The van der Waals surface area contributed by atoms with E-state index in [1.165, 1.54) is 4.68 Å². The summed E-state index contributed by atoms with van der Waals surface area (Å²) in [5.41, 5.74) is 0.714. The Kier molecular flexibility index (Phi) is 3.67. The predicted octanol–water partition coefficient (Wildman–Crippen LogP) is 1.23. The first-order chi connectivity index (χ1) is 9.30. The number of carbonyl (C=O) groups is 1. The summed E-state index contributed by atoms with van der Waals surface area (Å²) in [7, 11) is 1.63. The van der Waals surface area contributed by atoms with Crippen LogP contribution in [0.5, 0.6) is 0 Å². The highest BCUT2D eigenvalue weighted by molar-refractivity contribution is 6.04. The second kappa shape index (κ2) is 5.12. The van der Waals surface area contributed by atoms with Crippen molar-refractivity contribution >= 4 is 16.8 Å². The second-order valence-corrected chi connectivity index (χ2v) is 4.26. The quantitative estimate of drug-likeness (QED) is 0.892. The van der Waals surface area contributed by atoms with Gasteiger partial charge in [-0.2, -0.15) is 18.3 Å². The molecule has 5 nitrogen and oxygen atoms in total. The van der Waals surface area contributed by atoms with E-state index in [1.54, 1.807) is 31.3 Å². The Bertz CT molecular complexity index is 636. The number of para-hydroxylation sites is 1. The van der Waals surface area contributed by atoms with E-state index in [0.29, 0.717) is 10.9 Å². The van der Waals surface area contributed by atoms with E-state index in [1.807, 2.05) is 5.32 Å². The number of hydrogen-bond acceptors (Lipinski definition) is 3. The Morgan fingerprint density at radius 2 is 2.10 bits per heavy atom. The number of aryl methyl sites for hydroxylation is 1. The number of hydrogen-bond donors (Lipinski definition) is 2. The van der Waals surface area contributed by atoms with E-state index in [9.17, 15) is 18.0 Å². The van der Waals surface area contributed by atoms with Gasteiger partial charge in [0.2, 0.25) is 0 Å². The third kappa shape index (κ3) is 2.74. The molecule has 1 aromatic heterocycles. The van der Waals surface area contributed by atoms with E-state index in [4.69, 9.17) is 5.11 Å². The van der Waals surface area contributed by atoms with Crippen LogP contribution >= 0.6 is 0 Å². The summed E-state index contributed by atoms with van der Waals surface area (Å²) >= 11 is 0. The molecular weight excluding hydrogens is 275 g/mol. The molecule has 0 saturated heterocycles. The molecule has 2 N–H and O–H groups in total. The van der Waals surface area contributed by atoms with Crippen molar-refractivity contribution in [2.75, 3.05) is 6.54 Å². The summed E-state index contributed by atoms with van der Waals surface area (Å²) in [6, 6.07) is 6.85. The molecule has 0 aliphatic carbocycles. The molecule has 108 valence electrons. The van der Waals surface area contributed by atoms with Crippen LogP contribution in [0.3, 0.4) is 0 Å².